The Morgan fingerprint density at radius 2 is 2.14 bits per heavy atom. The van der Waals surface area contributed by atoms with Crippen molar-refractivity contribution >= 4 is 27.6 Å². The van der Waals surface area contributed by atoms with E-state index in [1.54, 1.807) is 12.1 Å². The summed E-state index contributed by atoms with van der Waals surface area (Å²) in [5.74, 6) is -1.04. The Balaban J connectivity index is 2.18. The molecule has 1 N–H and O–H groups in total. The number of pyridine rings is 1. The van der Waals surface area contributed by atoms with E-state index in [2.05, 4.69) is 20.9 Å². The summed E-state index contributed by atoms with van der Waals surface area (Å²) in [6.45, 7) is 0.00523. The average molecular weight is 353 g/mol. The van der Waals surface area contributed by atoms with Crippen molar-refractivity contribution in [2.45, 2.75) is 6.61 Å². The van der Waals surface area contributed by atoms with Crippen LogP contribution >= 0.6 is 15.9 Å². The minimum Gasteiger partial charge on any atom is -0.482 e. The fourth-order valence-electron chi connectivity index (χ4n) is 1.60. The van der Waals surface area contributed by atoms with E-state index in [-0.39, 0.29) is 23.7 Å². The Kier molecular flexibility index (Phi) is 4.49. The van der Waals surface area contributed by atoms with Gasteiger partial charge in [0.2, 0.25) is 0 Å². The number of nitro groups is 1. The fourth-order valence-corrected chi connectivity index (χ4v) is 1.95. The third-order valence-electron chi connectivity index (χ3n) is 2.56. The van der Waals surface area contributed by atoms with Crippen LogP contribution in [0.3, 0.4) is 0 Å². The number of carboxylic acid groups (broad SMARTS) is 1. The molecule has 0 unspecified atom stereocenters. The van der Waals surface area contributed by atoms with Gasteiger partial charge in [0, 0.05) is 16.7 Å². The molecule has 2 aromatic rings. The zero-order valence-electron chi connectivity index (χ0n) is 10.5. The Labute approximate surface area is 127 Å². The van der Waals surface area contributed by atoms with Gasteiger partial charge in [0.25, 0.3) is 0 Å². The monoisotopic (exact) mass is 352 g/mol. The number of carboxylic acids is 1. The molecule has 0 spiro atoms. The Morgan fingerprint density at radius 3 is 2.81 bits per heavy atom. The van der Waals surface area contributed by atoms with E-state index in [4.69, 9.17) is 9.84 Å². The van der Waals surface area contributed by atoms with E-state index in [1.807, 2.05) is 0 Å². The van der Waals surface area contributed by atoms with Crippen molar-refractivity contribution < 1.29 is 19.6 Å². The second kappa shape index (κ2) is 6.31. The molecule has 8 heteroatoms. The molecular formula is C13H9BrN2O5. The molecule has 2 rings (SSSR count). The summed E-state index contributed by atoms with van der Waals surface area (Å²) in [6.07, 6.45) is 1.35. The third kappa shape index (κ3) is 3.76. The number of nitrogens with zero attached hydrogens (tertiary/aromatic N) is 2. The molecule has 0 saturated carbocycles. The van der Waals surface area contributed by atoms with E-state index in [0.717, 1.165) is 0 Å². The van der Waals surface area contributed by atoms with Crippen LogP contribution in [0.2, 0.25) is 0 Å². The van der Waals surface area contributed by atoms with Crippen LogP contribution in [0.25, 0.3) is 0 Å². The highest BCUT2D eigenvalue weighted by Crippen LogP contribution is 2.30. The normalized spacial score (nSPS) is 10.1. The Hall–Kier alpha value is -2.48. The lowest BCUT2D eigenvalue weighted by atomic mass is 10.2. The summed E-state index contributed by atoms with van der Waals surface area (Å²) in [7, 11) is 0. The summed E-state index contributed by atoms with van der Waals surface area (Å²) in [4.78, 5) is 24.9. The van der Waals surface area contributed by atoms with Gasteiger partial charge in [-0.15, -0.1) is 0 Å². The summed E-state index contributed by atoms with van der Waals surface area (Å²) >= 11 is 3.15. The number of carbonyl (C=O) groups is 1. The number of benzene rings is 1. The van der Waals surface area contributed by atoms with Crippen molar-refractivity contribution in [2.75, 3.05) is 0 Å². The minimum atomic E-state index is -1.15. The summed E-state index contributed by atoms with van der Waals surface area (Å²) in [6, 6.07) is 7.37. The maximum absolute atomic E-state index is 10.9. The fraction of sp³-hybridized carbons (Fsp3) is 0.0769. The largest absolute Gasteiger partial charge is 0.482 e. The van der Waals surface area contributed by atoms with Crippen LogP contribution in [0.1, 0.15) is 16.1 Å². The van der Waals surface area contributed by atoms with Gasteiger partial charge < -0.3 is 9.84 Å². The van der Waals surface area contributed by atoms with Crippen LogP contribution < -0.4 is 4.74 Å². The molecule has 1 heterocycles. The quantitative estimate of drug-likeness (QED) is 0.655. The van der Waals surface area contributed by atoms with Crippen molar-refractivity contribution in [1.82, 2.24) is 4.98 Å². The van der Waals surface area contributed by atoms with Gasteiger partial charge in [-0.25, -0.2) is 9.78 Å². The predicted octanol–water partition coefficient (Wildman–Crippen LogP) is 3.03. The molecule has 0 amide bonds. The minimum absolute atomic E-state index is 0.00523. The van der Waals surface area contributed by atoms with Gasteiger partial charge in [-0.1, -0.05) is 15.9 Å². The first-order valence-electron chi connectivity index (χ1n) is 5.72. The SMILES string of the molecule is O=C(O)c1cc(COc2ccc(Br)cc2[N+](=O)[O-])ccn1. The van der Waals surface area contributed by atoms with Crippen LogP contribution in [0.5, 0.6) is 5.75 Å². The van der Waals surface area contributed by atoms with Gasteiger partial charge in [0.15, 0.2) is 5.75 Å². The lowest BCUT2D eigenvalue weighted by molar-refractivity contribution is -0.386. The summed E-state index contributed by atoms with van der Waals surface area (Å²) in [5.41, 5.74) is 0.276. The van der Waals surface area contributed by atoms with E-state index in [1.165, 1.54) is 24.4 Å². The molecule has 0 fully saturated rings. The van der Waals surface area contributed by atoms with Crippen molar-refractivity contribution in [3.63, 3.8) is 0 Å². The summed E-state index contributed by atoms with van der Waals surface area (Å²) in [5, 5.41) is 19.8. The van der Waals surface area contributed by atoms with Crippen LogP contribution in [0, 0.1) is 10.1 Å². The maximum Gasteiger partial charge on any atom is 0.354 e. The lowest BCUT2D eigenvalue weighted by Crippen LogP contribution is -2.03. The zero-order valence-corrected chi connectivity index (χ0v) is 12.1. The molecule has 0 radical (unpaired) electrons. The van der Waals surface area contributed by atoms with Crippen LogP contribution in [0.15, 0.2) is 41.0 Å². The molecule has 1 aromatic carbocycles. The first-order valence-corrected chi connectivity index (χ1v) is 6.51. The topological polar surface area (TPSA) is 103 Å². The van der Waals surface area contributed by atoms with Crippen molar-refractivity contribution in [3.05, 3.63) is 62.4 Å². The highest BCUT2D eigenvalue weighted by molar-refractivity contribution is 9.10. The van der Waals surface area contributed by atoms with Gasteiger partial charge in [-0.05, 0) is 29.8 Å². The highest BCUT2D eigenvalue weighted by Gasteiger charge is 2.16. The van der Waals surface area contributed by atoms with Crippen LogP contribution in [-0.2, 0) is 6.61 Å². The molecule has 0 aliphatic heterocycles. The van der Waals surface area contributed by atoms with Gasteiger partial charge >= 0.3 is 11.7 Å². The number of ether oxygens (including phenoxy) is 1. The number of hydrogen-bond acceptors (Lipinski definition) is 5. The van der Waals surface area contributed by atoms with Crippen molar-refractivity contribution in [2.24, 2.45) is 0 Å². The second-order valence-corrected chi connectivity index (χ2v) is 4.93. The van der Waals surface area contributed by atoms with Crippen LogP contribution in [-0.4, -0.2) is 21.0 Å². The molecule has 0 aliphatic rings. The highest BCUT2D eigenvalue weighted by atomic mass is 79.9. The van der Waals surface area contributed by atoms with E-state index in [9.17, 15) is 14.9 Å². The third-order valence-corrected chi connectivity index (χ3v) is 3.05. The van der Waals surface area contributed by atoms with Crippen LogP contribution in [0.4, 0.5) is 5.69 Å². The van der Waals surface area contributed by atoms with E-state index >= 15 is 0 Å². The molecule has 7 nitrogen and oxygen atoms in total. The smallest absolute Gasteiger partial charge is 0.354 e. The first-order chi connectivity index (χ1) is 9.97. The molecule has 108 valence electrons. The molecular weight excluding hydrogens is 344 g/mol. The number of hydrogen-bond donors (Lipinski definition) is 1. The van der Waals surface area contributed by atoms with Crippen molar-refractivity contribution in [1.29, 1.82) is 0 Å². The lowest BCUT2D eigenvalue weighted by Gasteiger charge is -2.07. The molecule has 0 aliphatic carbocycles. The van der Waals surface area contributed by atoms with Gasteiger partial charge in [0.05, 0.1) is 4.92 Å². The van der Waals surface area contributed by atoms with Crippen molar-refractivity contribution in [3.8, 4) is 5.75 Å². The van der Waals surface area contributed by atoms with Gasteiger partial charge in [-0.3, -0.25) is 10.1 Å². The first kappa shape index (κ1) is 14.9. The predicted molar refractivity (Wildman–Crippen MR) is 76.3 cm³/mol. The number of halogens is 1. The van der Waals surface area contributed by atoms with E-state index < -0.39 is 10.9 Å². The average Bonchev–Trinajstić information content (AvgIpc) is 2.46. The second-order valence-electron chi connectivity index (χ2n) is 4.01. The number of aromatic nitrogens is 1. The summed E-state index contributed by atoms with van der Waals surface area (Å²) < 4.78 is 5.96. The molecule has 1 aromatic heterocycles. The van der Waals surface area contributed by atoms with E-state index in [0.29, 0.717) is 10.0 Å². The van der Waals surface area contributed by atoms with Gasteiger partial charge in [-0.2, -0.15) is 0 Å². The standard InChI is InChI=1S/C13H9BrN2O5/c14-9-1-2-12(11(6-9)16(19)20)21-7-8-3-4-15-10(5-8)13(17)18/h1-6H,7H2,(H,17,18). The number of rotatable bonds is 5. The maximum atomic E-state index is 10.9. The molecule has 0 bridgehead atoms. The Bertz CT molecular complexity index is 705. The number of aromatic carboxylic acids is 1. The molecule has 0 atom stereocenters. The van der Waals surface area contributed by atoms with Gasteiger partial charge in [0.1, 0.15) is 12.3 Å². The zero-order chi connectivity index (χ0) is 15.4. The molecule has 21 heavy (non-hydrogen) atoms. The molecule has 0 saturated heterocycles. The Morgan fingerprint density at radius 1 is 1.38 bits per heavy atom. The number of nitro benzene ring substituents is 1.